The summed E-state index contributed by atoms with van der Waals surface area (Å²) in [7, 11) is 0. The predicted octanol–water partition coefficient (Wildman–Crippen LogP) is 36.6. The number of para-hydroxylation sites is 13. The van der Waals surface area contributed by atoms with Crippen molar-refractivity contribution in [1.82, 2.24) is 36.5 Å². The number of aromatic nitrogens is 8. The van der Waals surface area contributed by atoms with Gasteiger partial charge in [0.15, 0.2) is 11.5 Å². The van der Waals surface area contributed by atoms with E-state index in [9.17, 15) is 0 Å². The van der Waals surface area contributed by atoms with Crippen molar-refractivity contribution in [2.75, 3.05) is 4.90 Å². The van der Waals surface area contributed by atoms with Gasteiger partial charge in [0, 0.05) is 121 Å². The average Bonchev–Trinajstić information content (AvgIpc) is 1.56. The molecule has 0 fully saturated rings. The second kappa shape index (κ2) is 35.0. The summed E-state index contributed by atoms with van der Waals surface area (Å²) in [4.78, 5) is 2.29. The van der Waals surface area contributed by atoms with Crippen molar-refractivity contribution >= 4 is 159 Å². The highest BCUT2D eigenvalue weighted by molar-refractivity contribution is 6.23. The van der Waals surface area contributed by atoms with Crippen molar-refractivity contribution in [3.63, 3.8) is 0 Å². The van der Waals surface area contributed by atoms with Gasteiger partial charge in [0.1, 0.15) is 0 Å². The first kappa shape index (κ1) is 84.9. The summed E-state index contributed by atoms with van der Waals surface area (Å²) >= 11 is 0. The van der Waals surface area contributed by atoms with Gasteiger partial charge >= 0.3 is 0 Å². The van der Waals surface area contributed by atoms with Crippen LogP contribution in [0.1, 0.15) is 0 Å². The molecule has 9 heterocycles. The minimum Gasteiger partial charge on any atom is -0.453 e. The van der Waals surface area contributed by atoms with E-state index < -0.39 is 0 Å². The molecular formula is C138H91N9O. The van der Waals surface area contributed by atoms with Gasteiger partial charge in [0.05, 0.1) is 100 Å². The standard InChI is InChI=1S/C50H33N3.C44H29N3O.C44H29N3/c1-4-14-34(15-5-1)36-24-30-47-43(32-36)41-21-11-12-22-45(41)51(47)38-25-27-39(28-26-38)53-46-23-13-10-20-40(46)42-29-31-48-44(50(42)53)33-49(35-16-6-2-7-17-35)52(48)37-18-8-3-9-19-37;1-3-13-30(14-4-1)41-29-36-38(45(41)31-15-5-2-6-16-31)28-27-35-34-17-7-8-18-37(34)47(44(35)36)33-25-23-32(24-26-33)46-39-19-9-11-21-42(39)48-43-22-12-10-20-40(43)46;1-3-13-30(14-4-1)43-29-38-42(46(43)31-15-5-2-6-16-31)28-27-37-36-19-9-12-22-41(36)47(44(37)38)33-25-23-32(24-26-33)45-39-20-10-7-17-34(39)35-18-8-11-21-40(35)45/h1-33H;1-29H;1-29H. The normalized spacial score (nSPS) is 12.0. The monoisotopic (exact) mass is 1890 g/mol. The first-order valence-corrected chi connectivity index (χ1v) is 50.6. The van der Waals surface area contributed by atoms with E-state index in [0.29, 0.717) is 0 Å². The van der Waals surface area contributed by atoms with E-state index in [-0.39, 0.29) is 0 Å². The first-order chi connectivity index (χ1) is 73.5. The third-order valence-electron chi connectivity index (χ3n) is 30.0. The highest BCUT2D eigenvalue weighted by atomic mass is 16.5. The number of anilines is 3. The summed E-state index contributed by atoms with van der Waals surface area (Å²) in [5.74, 6) is 1.70. The largest absolute Gasteiger partial charge is 0.453 e. The highest BCUT2D eigenvalue weighted by Gasteiger charge is 2.30. The lowest BCUT2D eigenvalue weighted by atomic mass is 10.0. The van der Waals surface area contributed by atoms with Crippen LogP contribution >= 0.6 is 0 Å². The van der Waals surface area contributed by atoms with Crippen LogP contribution in [-0.2, 0) is 0 Å². The van der Waals surface area contributed by atoms with E-state index in [4.69, 9.17) is 4.74 Å². The molecule has 0 saturated carbocycles. The molecule has 1 aliphatic heterocycles. The summed E-state index contributed by atoms with van der Waals surface area (Å²) in [6.45, 7) is 0. The van der Waals surface area contributed by atoms with Gasteiger partial charge in [-0.25, -0.2) is 0 Å². The molecule has 30 aromatic rings. The summed E-state index contributed by atoms with van der Waals surface area (Å²) in [6.07, 6.45) is 0. The molecule has 0 radical (unpaired) electrons. The number of fused-ring (bicyclic) bond motifs is 23. The fourth-order valence-electron chi connectivity index (χ4n) is 23.6. The zero-order valence-corrected chi connectivity index (χ0v) is 80.5. The van der Waals surface area contributed by atoms with E-state index >= 15 is 0 Å². The van der Waals surface area contributed by atoms with E-state index in [1.54, 1.807) is 0 Å². The molecule has 1 aliphatic rings. The Hall–Kier alpha value is -19.9. The summed E-state index contributed by atoms with van der Waals surface area (Å²) in [6, 6.07) is 199. The molecule has 0 bridgehead atoms. The lowest BCUT2D eigenvalue weighted by Crippen LogP contribution is -2.15. The van der Waals surface area contributed by atoms with E-state index in [1.807, 2.05) is 24.3 Å². The lowest BCUT2D eigenvalue weighted by molar-refractivity contribution is 0.477. The molecule has 148 heavy (non-hydrogen) atoms. The van der Waals surface area contributed by atoms with Gasteiger partial charge in [0.25, 0.3) is 0 Å². The average molecular weight is 1890 g/mol. The Balaban J connectivity index is 0.000000105. The molecule has 694 valence electrons. The van der Waals surface area contributed by atoms with Gasteiger partial charge in [-0.2, -0.15) is 0 Å². The Kier molecular flexibility index (Phi) is 20.1. The third-order valence-corrected chi connectivity index (χ3v) is 30.0. The van der Waals surface area contributed by atoms with Crippen LogP contribution in [0.25, 0.3) is 232 Å². The number of nitrogens with zero attached hydrogens (tertiary/aromatic N) is 9. The van der Waals surface area contributed by atoms with Gasteiger partial charge in [-0.15, -0.1) is 0 Å². The molecule has 10 nitrogen and oxygen atoms in total. The molecule has 0 atom stereocenters. The van der Waals surface area contributed by atoms with Crippen LogP contribution < -0.4 is 9.64 Å². The summed E-state index contributed by atoms with van der Waals surface area (Å²) < 4.78 is 25.6. The maximum absolute atomic E-state index is 6.28. The SMILES string of the molecule is c1ccc(-c2cc3c(ccc4c5ccccc5n(-c5ccc(-n6c7ccccc7c7ccccc76)cc5)c43)n2-c2ccccc2)cc1.c1ccc(-c2cc3c(ccc4c5ccccc5n(-c5ccc(N6c7ccccc7Oc7ccccc76)cc5)c43)n2-c2ccccc2)cc1.c1ccc(-c2ccc3c(c2)c2ccccc2n3-c2ccc(-n3c4ccccc4c4ccc5c(cc(-c6ccccc6)n5-c5ccccc5)c43)cc2)cc1. The molecule has 22 aromatic carbocycles. The van der Waals surface area contributed by atoms with Crippen molar-refractivity contribution in [2.24, 2.45) is 0 Å². The minimum atomic E-state index is 0.849. The fraction of sp³-hybridized carbons (Fsp3) is 0. The van der Waals surface area contributed by atoms with E-state index in [2.05, 4.69) is 569 Å². The Morgan fingerprint density at radius 1 is 0.122 bits per heavy atom. The van der Waals surface area contributed by atoms with E-state index in [1.165, 1.54) is 187 Å². The zero-order valence-electron chi connectivity index (χ0n) is 80.5. The summed E-state index contributed by atoms with van der Waals surface area (Å²) in [5.41, 5.74) is 37.4. The maximum Gasteiger partial charge on any atom is 0.151 e. The van der Waals surface area contributed by atoms with Gasteiger partial charge in [-0.1, -0.05) is 334 Å². The minimum absolute atomic E-state index is 0.849. The Morgan fingerprint density at radius 3 is 0.669 bits per heavy atom. The Morgan fingerprint density at radius 2 is 0.345 bits per heavy atom. The number of ether oxygens (including phenoxy) is 1. The Labute approximate surface area is 852 Å². The van der Waals surface area contributed by atoms with Crippen molar-refractivity contribution < 1.29 is 4.74 Å². The van der Waals surface area contributed by atoms with Gasteiger partial charge in [0.2, 0.25) is 0 Å². The molecule has 0 aliphatic carbocycles. The fourth-order valence-corrected chi connectivity index (χ4v) is 23.6. The predicted molar refractivity (Wildman–Crippen MR) is 618 cm³/mol. The molecule has 0 spiro atoms. The van der Waals surface area contributed by atoms with Crippen molar-refractivity contribution in [2.45, 2.75) is 0 Å². The van der Waals surface area contributed by atoms with Crippen LogP contribution in [0.15, 0.2) is 552 Å². The number of rotatable bonds is 13. The van der Waals surface area contributed by atoms with Crippen LogP contribution in [0.2, 0.25) is 0 Å². The summed E-state index contributed by atoms with van der Waals surface area (Å²) in [5, 5.41) is 16.2. The molecule has 0 unspecified atom stereocenters. The quantitative estimate of drug-likeness (QED) is 0.116. The molecule has 0 N–H and O–H groups in total. The smallest absolute Gasteiger partial charge is 0.151 e. The van der Waals surface area contributed by atoms with Crippen LogP contribution in [0.3, 0.4) is 0 Å². The second-order valence-corrected chi connectivity index (χ2v) is 38.2. The van der Waals surface area contributed by atoms with E-state index in [0.717, 1.165) is 74.1 Å². The first-order valence-electron chi connectivity index (χ1n) is 50.6. The molecular weight excluding hydrogens is 1800 g/mol. The number of hydrogen-bond donors (Lipinski definition) is 0. The van der Waals surface area contributed by atoms with Crippen LogP contribution in [0.5, 0.6) is 11.5 Å². The molecule has 8 aromatic heterocycles. The highest BCUT2D eigenvalue weighted by Crippen LogP contribution is 2.53. The molecule has 31 rings (SSSR count). The van der Waals surface area contributed by atoms with Crippen molar-refractivity contribution in [1.29, 1.82) is 0 Å². The zero-order chi connectivity index (χ0) is 97.4. The molecule has 0 saturated heterocycles. The van der Waals surface area contributed by atoms with Gasteiger partial charge in [-0.05, 0) is 246 Å². The van der Waals surface area contributed by atoms with Gasteiger partial charge < -0.3 is 46.2 Å². The van der Waals surface area contributed by atoms with Crippen LogP contribution in [0, 0.1) is 0 Å². The number of benzene rings is 22. The van der Waals surface area contributed by atoms with Crippen LogP contribution in [0.4, 0.5) is 17.1 Å². The van der Waals surface area contributed by atoms with Crippen LogP contribution in [-0.4, -0.2) is 36.5 Å². The third kappa shape index (κ3) is 13.8. The Bertz CT molecular complexity index is 10300. The van der Waals surface area contributed by atoms with Crippen molar-refractivity contribution in [3.8, 4) is 102 Å². The van der Waals surface area contributed by atoms with Crippen molar-refractivity contribution in [3.05, 3.63) is 552 Å². The second-order valence-electron chi connectivity index (χ2n) is 38.2. The number of hydrogen-bond acceptors (Lipinski definition) is 2. The maximum atomic E-state index is 6.28. The molecule has 0 amide bonds. The lowest BCUT2D eigenvalue weighted by Gasteiger charge is -2.32. The van der Waals surface area contributed by atoms with Gasteiger partial charge in [-0.3, -0.25) is 0 Å². The topological polar surface area (TPSA) is 51.9 Å². The molecule has 10 heteroatoms.